The molecule has 0 radical (unpaired) electrons. The summed E-state index contributed by atoms with van der Waals surface area (Å²) in [6.45, 7) is 15.5. The molecule has 0 fully saturated rings. The maximum absolute atomic E-state index is 6.34. The summed E-state index contributed by atoms with van der Waals surface area (Å²) in [7, 11) is -1.55. The van der Waals surface area contributed by atoms with Gasteiger partial charge in [-0.05, 0) is 52.2 Å². The van der Waals surface area contributed by atoms with E-state index < -0.39 is 8.32 Å². The van der Waals surface area contributed by atoms with Crippen LogP contribution in [0.2, 0.25) is 18.1 Å². The molecule has 0 amide bonds. The van der Waals surface area contributed by atoms with Gasteiger partial charge in [0.2, 0.25) is 0 Å². The van der Waals surface area contributed by atoms with E-state index >= 15 is 0 Å². The van der Waals surface area contributed by atoms with Crippen molar-refractivity contribution >= 4 is 8.32 Å². The van der Waals surface area contributed by atoms with Crippen LogP contribution >= 0.6 is 0 Å². The molecule has 0 N–H and O–H groups in total. The second kappa shape index (κ2) is 5.85. The van der Waals surface area contributed by atoms with E-state index in [1.165, 1.54) is 6.04 Å². The van der Waals surface area contributed by atoms with Gasteiger partial charge in [-0.25, -0.2) is 0 Å². The van der Waals surface area contributed by atoms with E-state index in [-0.39, 0.29) is 5.60 Å². The fourth-order valence-electron chi connectivity index (χ4n) is 1.69. The third-order valence-corrected chi connectivity index (χ3v) is 7.61. The summed E-state index contributed by atoms with van der Waals surface area (Å²) in [6.07, 6.45) is 5.54. The molecule has 2 heteroatoms. The van der Waals surface area contributed by atoms with Crippen LogP contribution in [-0.4, -0.2) is 13.9 Å². The molecule has 0 rings (SSSR count). The molecule has 0 bridgehead atoms. The molecular weight excluding hydrogens is 200 g/mol. The van der Waals surface area contributed by atoms with Crippen LogP contribution in [0.1, 0.15) is 48.0 Å². The normalized spacial score (nSPS) is 17.3. The van der Waals surface area contributed by atoms with Crippen molar-refractivity contribution in [2.45, 2.75) is 71.7 Å². The Morgan fingerprint density at radius 1 is 1.27 bits per heavy atom. The van der Waals surface area contributed by atoms with Crippen LogP contribution in [-0.2, 0) is 4.43 Å². The lowest BCUT2D eigenvalue weighted by Gasteiger charge is -2.38. The Kier molecular flexibility index (Phi) is 5.82. The second-order valence-corrected chi connectivity index (χ2v) is 10.3. The van der Waals surface area contributed by atoms with Gasteiger partial charge in [0.05, 0.1) is 0 Å². The van der Waals surface area contributed by atoms with Crippen molar-refractivity contribution in [1.29, 1.82) is 0 Å². The van der Waals surface area contributed by atoms with Gasteiger partial charge in [-0.3, -0.25) is 0 Å². The summed E-state index contributed by atoms with van der Waals surface area (Å²) in [4.78, 5) is 0. The fourth-order valence-corrected chi connectivity index (χ4v) is 4.75. The number of rotatable bonds is 5. The second-order valence-electron chi connectivity index (χ2n) is 5.79. The topological polar surface area (TPSA) is 9.23 Å². The van der Waals surface area contributed by atoms with E-state index in [1.807, 2.05) is 0 Å². The molecule has 0 aromatic carbocycles. The maximum atomic E-state index is 6.34. The molecule has 0 aliphatic carbocycles. The van der Waals surface area contributed by atoms with E-state index in [2.05, 4.69) is 60.2 Å². The average Bonchev–Trinajstić information content (AvgIpc) is 2.01. The molecule has 1 nitrogen and oxygen atoms in total. The summed E-state index contributed by atoms with van der Waals surface area (Å²) in [5.41, 5.74) is 0.684. The Morgan fingerprint density at radius 3 is 2.13 bits per heavy atom. The molecule has 0 aromatic rings. The standard InChI is InChI=1S/C13H28OSi/c1-8-9-10-11-15(7,12(2)3)14-13(4,5)6/h8-9,12H,10-11H2,1-7H3. The van der Waals surface area contributed by atoms with Gasteiger partial charge in [-0.1, -0.05) is 26.0 Å². The first-order chi connectivity index (χ1) is 6.71. The van der Waals surface area contributed by atoms with Crippen LogP contribution in [0.3, 0.4) is 0 Å². The molecule has 0 saturated carbocycles. The van der Waals surface area contributed by atoms with Gasteiger partial charge >= 0.3 is 0 Å². The van der Waals surface area contributed by atoms with Gasteiger partial charge in [0, 0.05) is 5.60 Å². The highest BCUT2D eigenvalue weighted by atomic mass is 28.4. The average molecular weight is 228 g/mol. The van der Waals surface area contributed by atoms with Crippen molar-refractivity contribution in [2.24, 2.45) is 0 Å². The highest BCUT2D eigenvalue weighted by molar-refractivity contribution is 6.73. The van der Waals surface area contributed by atoms with Crippen LogP contribution in [0.4, 0.5) is 0 Å². The van der Waals surface area contributed by atoms with Crippen LogP contribution in [0, 0.1) is 0 Å². The van der Waals surface area contributed by atoms with Crippen molar-refractivity contribution in [2.75, 3.05) is 0 Å². The zero-order valence-electron chi connectivity index (χ0n) is 11.6. The monoisotopic (exact) mass is 228 g/mol. The zero-order chi connectivity index (χ0) is 12.1. The molecule has 15 heavy (non-hydrogen) atoms. The summed E-state index contributed by atoms with van der Waals surface area (Å²) in [5.74, 6) is 0. The molecular formula is C13H28OSi. The minimum absolute atomic E-state index is 0.00116. The maximum Gasteiger partial charge on any atom is 0.193 e. The van der Waals surface area contributed by atoms with Crippen molar-refractivity contribution in [3.8, 4) is 0 Å². The first-order valence-electron chi connectivity index (χ1n) is 6.02. The van der Waals surface area contributed by atoms with Crippen LogP contribution < -0.4 is 0 Å². The summed E-state index contributed by atoms with van der Waals surface area (Å²) < 4.78 is 6.34. The Bertz CT molecular complexity index is 203. The van der Waals surface area contributed by atoms with Gasteiger partial charge < -0.3 is 4.43 Å². The first-order valence-corrected chi connectivity index (χ1v) is 8.72. The lowest BCUT2D eigenvalue weighted by molar-refractivity contribution is 0.115. The lowest BCUT2D eigenvalue weighted by atomic mass is 10.2. The Morgan fingerprint density at radius 2 is 1.80 bits per heavy atom. The van der Waals surface area contributed by atoms with Gasteiger partial charge in [0.25, 0.3) is 0 Å². The molecule has 1 unspecified atom stereocenters. The highest BCUT2D eigenvalue weighted by Crippen LogP contribution is 2.31. The van der Waals surface area contributed by atoms with Crippen LogP contribution in [0.25, 0.3) is 0 Å². The van der Waals surface area contributed by atoms with E-state index in [0.29, 0.717) is 5.54 Å². The largest absolute Gasteiger partial charge is 0.412 e. The van der Waals surface area contributed by atoms with E-state index in [9.17, 15) is 0 Å². The summed E-state index contributed by atoms with van der Waals surface area (Å²) >= 11 is 0. The highest BCUT2D eigenvalue weighted by Gasteiger charge is 2.36. The number of hydrogen-bond acceptors (Lipinski definition) is 1. The van der Waals surface area contributed by atoms with Crippen molar-refractivity contribution in [1.82, 2.24) is 0 Å². The van der Waals surface area contributed by atoms with Crippen LogP contribution in [0.5, 0.6) is 0 Å². The van der Waals surface area contributed by atoms with Gasteiger partial charge in [0.15, 0.2) is 8.32 Å². The van der Waals surface area contributed by atoms with Crippen molar-refractivity contribution in [3.63, 3.8) is 0 Å². The summed E-state index contributed by atoms with van der Waals surface area (Å²) in [6, 6.07) is 1.23. The van der Waals surface area contributed by atoms with Gasteiger partial charge in [-0.15, -0.1) is 0 Å². The van der Waals surface area contributed by atoms with E-state index in [1.54, 1.807) is 0 Å². The van der Waals surface area contributed by atoms with Gasteiger partial charge in [0.1, 0.15) is 0 Å². The lowest BCUT2D eigenvalue weighted by Crippen LogP contribution is -2.44. The third kappa shape index (κ3) is 6.16. The predicted molar refractivity (Wildman–Crippen MR) is 71.8 cm³/mol. The van der Waals surface area contributed by atoms with Gasteiger partial charge in [-0.2, -0.15) is 0 Å². The molecule has 90 valence electrons. The Labute approximate surface area is 97.0 Å². The predicted octanol–water partition coefficient (Wildman–Crippen LogP) is 4.75. The Balaban J connectivity index is 4.45. The molecule has 0 heterocycles. The van der Waals surface area contributed by atoms with E-state index in [0.717, 1.165) is 6.42 Å². The minimum Gasteiger partial charge on any atom is -0.412 e. The first kappa shape index (κ1) is 14.9. The smallest absolute Gasteiger partial charge is 0.193 e. The Hall–Kier alpha value is -0.0831. The number of allylic oxidation sites excluding steroid dienone is 2. The van der Waals surface area contributed by atoms with Crippen molar-refractivity contribution < 1.29 is 4.43 Å². The SMILES string of the molecule is CC=CCC[Si](C)(OC(C)(C)C)C(C)C. The quantitative estimate of drug-likeness (QED) is 0.487. The summed E-state index contributed by atoms with van der Waals surface area (Å²) in [5, 5.41) is 0. The minimum atomic E-state index is -1.55. The van der Waals surface area contributed by atoms with Crippen molar-refractivity contribution in [3.05, 3.63) is 12.2 Å². The fraction of sp³-hybridized carbons (Fsp3) is 0.846. The van der Waals surface area contributed by atoms with Crippen LogP contribution in [0.15, 0.2) is 12.2 Å². The van der Waals surface area contributed by atoms with E-state index in [4.69, 9.17) is 4.43 Å². The third-order valence-electron chi connectivity index (χ3n) is 2.80. The molecule has 1 atom stereocenters. The molecule has 0 aliphatic rings. The number of hydrogen-bond donors (Lipinski definition) is 0. The molecule has 0 spiro atoms. The molecule has 0 aliphatic heterocycles. The zero-order valence-corrected chi connectivity index (χ0v) is 12.6. The molecule has 0 saturated heterocycles. The molecule has 0 aromatic heterocycles.